The van der Waals surface area contributed by atoms with Crippen molar-refractivity contribution < 1.29 is 9.21 Å². The van der Waals surface area contributed by atoms with Gasteiger partial charge in [-0.1, -0.05) is 41.9 Å². The van der Waals surface area contributed by atoms with Crippen molar-refractivity contribution in [2.75, 3.05) is 13.1 Å². The van der Waals surface area contributed by atoms with Gasteiger partial charge in [-0.3, -0.25) is 9.69 Å². The quantitative estimate of drug-likeness (QED) is 0.410. The lowest BCUT2D eigenvalue weighted by Crippen LogP contribution is -2.30. The minimum absolute atomic E-state index is 0.102. The number of aromatic nitrogens is 3. The molecule has 0 saturated carbocycles. The maximum atomic E-state index is 12.8. The molecule has 0 spiro atoms. The summed E-state index contributed by atoms with van der Waals surface area (Å²) in [6.07, 6.45) is 0.781. The Morgan fingerprint density at radius 3 is 2.69 bits per heavy atom. The van der Waals surface area contributed by atoms with E-state index in [0.717, 1.165) is 60.4 Å². The minimum atomic E-state index is -0.252. The second-order valence-electron chi connectivity index (χ2n) is 8.91. The van der Waals surface area contributed by atoms with Gasteiger partial charge in [0.05, 0.1) is 17.6 Å². The van der Waals surface area contributed by atoms with Crippen molar-refractivity contribution in [2.24, 2.45) is 0 Å². The van der Waals surface area contributed by atoms with Crippen LogP contribution in [0.3, 0.4) is 0 Å². The van der Waals surface area contributed by atoms with Crippen LogP contribution in [0.4, 0.5) is 0 Å². The molecule has 0 bridgehead atoms. The number of hydrogen-bond acceptors (Lipinski definition) is 5. The average Bonchev–Trinajstić information content (AvgIpc) is 3.43. The Balaban J connectivity index is 1.24. The molecule has 4 aromatic rings. The number of fused-ring (bicyclic) bond motifs is 1. The fraction of sp³-hybridized carbons (Fsp3) is 0.296. The summed E-state index contributed by atoms with van der Waals surface area (Å²) in [5, 5.41) is 12.6. The molecule has 1 atom stereocenters. The van der Waals surface area contributed by atoms with Gasteiger partial charge < -0.3 is 14.3 Å². The molecule has 35 heavy (non-hydrogen) atoms. The molecule has 2 aromatic heterocycles. The lowest BCUT2D eigenvalue weighted by atomic mass is 10.1. The summed E-state index contributed by atoms with van der Waals surface area (Å²) in [7, 11) is 0. The number of carbonyl (C=O) groups excluding carboxylic acids is 1. The van der Waals surface area contributed by atoms with E-state index in [-0.39, 0.29) is 11.9 Å². The first-order chi connectivity index (χ1) is 17.0. The number of nitrogens with one attached hydrogen (secondary N) is 1. The average molecular weight is 490 g/mol. The Labute approximate surface area is 209 Å². The van der Waals surface area contributed by atoms with Gasteiger partial charge in [0.2, 0.25) is 0 Å². The highest BCUT2D eigenvalue weighted by Crippen LogP contribution is 2.29. The number of hydrogen-bond donors (Lipinski definition) is 1. The van der Waals surface area contributed by atoms with E-state index in [4.69, 9.17) is 16.0 Å². The third-order valence-corrected chi connectivity index (χ3v) is 6.78. The van der Waals surface area contributed by atoms with Crippen LogP contribution >= 0.6 is 11.6 Å². The molecule has 1 unspecified atom stereocenters. The molecular formula is C27H28ClN5O2. The van der Waals surface area contributed by atoms with Crippen molar-refractivity contribution in [1.82, 2.24) is 25.0 Å². The zero-order chi connectivity index (χ0) is 24.4. The summed E-state index contributed by atoms with van der Waals surface area (Å²) >= 11 is 6.32. The first kappa shape index (κ1) is 23.3. The lowest BCUT2D eigenvalue weighted by Gasteiger charge is -2.19. The summed E-state index contributed by atoms with van der Waals surface area (Å²) in [4.78, 5) is 15.1. The maximum Gasteiger partial charge on any atom is 0.252 e. The van der Waals surface area contributed by atoms with Crippen molar-refractivity contribution in [1.29, 1.82) is 0 Å². The van der Waals surface area contributed by atoms with E-state index in [2.05, 4.69) is 25.0 Å². The van der Waals surface area contributed by atoms with Crippen LogP contribution in [0.25, 0.3) is 11.3 Å². The Hall–Kier alpha value is -3.42. The van der Waals surface area contributed by atoms with Crippen LogP contribution in [0.5, 0.6) is 0 Å². The first-order valence-electron chi connectivity index (χ1n) is 11.8. The van der Waals surface area contributed by atoms with Crippen LogP contribution in [0.15, 0.2) is 65.1 Å². The number of benzene rings is 2. The monoisotopic (exact) mass is 489 g/mol. The van der Waals surface area contributed by atoms with Crippen LogP contribution in [0.1, 0.15) is 46.3 Å². The van der Waals surface area contributed by atoms with Gasteiger partial charge in [-0.2, -0.15) is 0 Å². The molecule has 0 fully saturated rings. The molecule has 7 nitrogen and oxygen atoms in total. The van der Waals surface area contributed by atoms with Crippen LogP contribution in [0, 0.1) is 6.92 Å². The smallest absolute Gasteiger partial charge is 0.252 e. The van der Waals surface area contributed by atoms with Crippen molar-refractivity contribution in [2.45, 2.75) is 39.4 Å². The molecule has 0 aliphatic carbocycles. The second-order valence-corrected chi connectivity index (χ2v) is 9.32. The zero-order valence-electron chi connectivity index (χ0n) is 19.9. The van der Waals surface area contributed by atoms with Crippen LogP contribution in [-0.2, 0) is 19.5 Å². The van der Waals surface area contributed by atoms with Gasteiger partial charge in [0.15, 0.2) is 5.82 Å². The van der Waals surface area contributed by atoms with Gasteiger partial charge in [-0.15, -0.1) is 10.2 Å². The zero-order valence-corrected chi connectivity index (χ0v) is 20.6. The Morgan fingerprint density at radius 2 is 1.86 bits per heavy atom. The molecule has 2 aromatic carbocycles. The normalized spacial score (nSPS) is 14.8. The van der Waals surface area contributed by atoms with E-state index < -0.39 is 0 Å². The van der Waals surface area contributed by atoms with E-state index in [0.29, 0.717) is 17.1 Å². The third-order valence-electron chi connectivity index (χ3n) is 6.45. The van der Waals surface area contributed by atoms with Crippen LogP contribution < -0.4 is 5.32 Å². The van der Waals surface area contributed by atoms with Gasteiger partial charge >= 0.3 is 0 Å². The summed E-state index contributed by atoms with van der Waals surface area (Å²) in [6, 6.07) is 19.0. The van der Waals surface area contributed by atoms with Gasteiger partial charge in [-0.05, 0) is 49.7 Å². The molecule has 3 heterocycles. The highest BCUT2D eigenvalue weighted by atomic mass is 35.5. The third kappa shape index (κ3) is 5.01. The standard InChI is InChI=1S/C27H28ClN5O2/c1-18-7-3-4-8-21(18)27(34)29-19(2)26-31-30-25-13-14-32(15-16-33(25)26)17-20-11-12-24(35-20)22-9-5-6-10-23(22)28/h3-12,19H,13-17H2,1-2H3,(H,29,34). The summed E-state index contributed by atoms with van der Waals surface area (Å²) in [5.41, 5.74) is 2.52. The number of aryl methyl sites for hydroxylation is 1. The van der Waals surface area contributed by atoms with Crippen LogP contribution in [0.2, 0.25) is 5.02 Å². The van der Waals surface area contributed by atoms with E-state index in [1.54, 1.807) is 0 Å². The van der Waals surface area contributed by atoms with Crippen molar-refractivity contribution in [3.63, 3.8) is 0 Å². The highest BCUT2D eigenvalue weighted by molar-refractivity contribution is 6.33. The van der Waals surface area contributed by atoms with Gasteiger partial charge in [0, 0.05) is 37.2 Å². The van der Waals surface area contributed by atoms with Gasteiger partial charge in [-0.25, -0.2) is 0 Å². The number of rotatable bonds is 6. The molecule has 8 heteroatoms. The summed E-state index contributed by atoms with van der Waals surface area (Å²) in [6.45, 7) is 7.03. The van der Waals surface area contributed by atoms with E-state index >= 15 is 0 Å². The Kier molecular flexibility index (Phi) is 6.70. The molecular weight excluding hydrogens is 462 g/mol. The predicted molar refractivity (Wildman–Crippen MR) is 135 cm³/mol. The largest absolute Gasteiger partial charge is 0.460 e. The van der Waals surface area contributed by atoms with Crippen LogP contribution in [-0.4, -0.2) is 38.7 Å². The van der Waals surface area contributed by atoms with Crippen molar-refractivity contribution >= 4 is 17.5 Å². The SMILES string of the molecule is Cc1ccccc1C(=O)NC(C)c1nnc2n1CCN(Cc1ccc(-c3ccccc3Cl)o1)CC2. The molecule has 1 aliphatic rings. The Bertz CT molecular complexity index is 1340. The number of carbonyl (C=O) groups is 1. The van der Waals surface area contributed by atoms with Crippen molar-refractivity contribution in [3.8, 4) is 11.3 Å². The number of furan rings is 1. The fourth-order valence-electron chi connectivity index (χ4n) is 4.52. The molecule has 1 amide bonds. The number of nitrogens with zero attached hydrogens (tertiary/aromatic N) is 4. The second kappa shape index (κ2) is 10.1. The number of halogens is 1. The van der Waals surface area contributed by atoms with Gasteiger partial charge in [0.1, 0.15) is 17.3 Å². The molecule has 0 radical (unpaired) electrons. The topological polar surface area (TPSA) is 76.2 Å². The summed E-state index contributed by atoms with van der Waals surface area (Å²) < 4.78 is 8.24. The van der Waals surface area contributed by atoms with Gasteiger partial charge in [0.25, 0.3) is 5.91 Å². The van der Waals surface area contributed by atoms with Crippen molar-refractivity contribution in [3.05, 3.63) is 94.2 Å². The van der Waals surface area contributed by atoms with E-state index in [1.165, 1.54) is 0 Å². The Morgan fingerprint density at radius 1 is 1.06 bits per heavy atom. The summed E-state index contributed by atoms with van der Waals surface area (Å²) in [5.74, 6) is 3.29. The lowest BCUT2D eigenvalue weighted by molar-refractivity contribution is 0.0936. The molecule has 1 N–H and O–H groups in total. The first-order valence-corrected chi connectivity index (χ1v) is 12.2. The number of amides is 1. The minimum Gasteiger partial charge on any atom is -0.460 e. The molecule has 0 saturated heterocycles. The highest BCUT2D eigenvalue weighted by Gasteiger charge is 2.24. The fourth-order valence-corrected chi connectivity index (χ4v) is 4.75. The maximum absolute atomic E-state index is 12.8. The molecule has 5 rings (SSSR count). The predicted octanol–water partition coefficient (Wildman–Crippen LogP) is 5.05. The van der Waals surface area contributed by atoms with E-state index in [9.17, 15) is 4.79 Å². The molecule has 180 valence electrons. The van der Waals surface area contributed by atoms with E-state index in [1.807, 2.05) is 74.5 Å². The molecule has 1 aliphatic heterocycles.